The maximum atomic E-state index is 11.5. The van der Waals surface area contributed by atoms with Gasteiger partial charge < -0.3 is 30.0 Å². The Morgan fingerprint density at radius 1 is 1.08 bits per heavy atom. The number of hydrogen-bond acceptors (Lipinski definition) is 8. The van der Waals surface area contributed by atoms with Gasteiger partial charge in [0.25, 0.3) is 0 Å². The van der Waals surface area contributed by atoms with E-state index in [2.05, 4.69) is 14.8 Å². The number of nitrogens with two attached hydrogens (primary N) is 1. The molecule has 26 heavy (non-hydrogen) atoms. The summed E-state index contributed by atoms with van der Waals surface area (Å²) in [7, 11) is 3.99. The van der Waals surface area contributed by atoms with Crippen molar-refractivity contribution in [2.45, 2.75) is 12.8 Å². The van der Waals surface area contributed by atoms with Crippen molar-refractivity contribution in [1.29, 1.82) is 0 Å². The Labute approximate surface area is 150 Å². The van der Waals surface area contributed by atoms with Crippen LogP contribution in [0.4, 0.5) is 21.9 Å². The van der Waals surface area contributed by atoms with Crippen LogP contribution in [0, 0.1) is 0 Å². The first-order valence-corrected chi connectivity index (χ1v) is 7.68. The molecule has 10 nitrogen and oxygen atoms in total. The van der Waals surface area contributed by atoms with E-state index in [1.165, 1.54) is 33.5 Å². The van der Waals surface area contributed by atoms with Crippen molar-refractivity contribution in [2.24, 2.45) is 0 Å². The number of rotatable bonds is 9. The number of nitrogens with one attached hydrogen (secondary N) is 1. The van der Waals surface area contributed by atoms with Crippen LogP contribution in [-0.4, -0.2) is 57.6 Å². The second-order valence-electron chi connectivity index (χ2n) is 5.18. The first-order valence-electron chi connectivity index (χ1n) is 7.68. The molecule has 1 aromatic rings. The molecule has 144 valence electrons. The van der Waals surface area contributed by atoms with E-state index < -0.39 is 18.0 Å². The topological polar surface area (TPSA) is 140 Å². The van der Waals surface area contributed by atoms with E-state index in [4.69, 9.17) is 15.6 Å². The van der Waals surface area contributed by atoms with Crippen molar-refractivity contribution in [3.05, 3.63) is 12.1 Å². The van der Waals surface area contributed by atoms with Crippen LogP contribution < -0.4 is 20.7 Å². The zero-order chi connectivity index (χ0) is 19.7. The summed E-state index contributed by atoms with van der Waals surface area (Å²) in [5.41, 5.74) is 6.64. The number of methoxy groups -OCH3 is 3. The summed E-state index contributed by atoms with van der Waals surface area (Å²) in [6.07, 6.45) is -1.15. The summed E-state index contributed by atoms with van der Waals surface area (Å²) >= 11 is 0. The van der Waals surface area contributed by atoms with Crippen molar-refractivity contribution in [3.8, 4) is 5.75 Å². The summed E-state index contributed by atoms with van der Waals surface area (Å²) in [6, 6.07) is 2.95. The smallest absolute Gasteiger partial charge is 0.409 e. The zero-order valence-electron chi connectivity index (χ0n) is 14.9. The molecule has 1 rings (SSSR count). The maximum Gasteiger partial charge on any atom is 0.409 e. The molecule has 0 atom stereocenters. The second kappa shape index (κ2) is 9.97. The fourth-order valence-corrected chi connectivity index (χ4v) is 2.23. The van der Waals surface area contributed by atoms with Crippen LogP contribution in [0.5, 0.6) is 5.75 Å². The number of esters is 2. The lowest BCUT2D eigenvalue weighted by atomic mass is 10.2. The molecule has 0 spiro atoms. The molecule has 10 heteroatoms. The molecule has 0 saturated heterocycles. The Kier molecular flexibility index (Phi) is 8.00. The molecule has 1 aromatic carbocycles. The second-order valence-corrected chi connectivity index (χ2v) is 5.18. The van der Waals surface area contributed by atoms with Gasteiger partial charge in [0.05, 0.1) is 51.2 Å². The number of ether oxygens (including phenoxy) is 3. The number of nitrogens with zero attached hydrogens (tertiary/aromatic N) is 1. The van der Waals surface area contributed by atoms with Gasteiger partial charge in [-0.15, -0.1) is 0 Å². The highest BCUT2D eigenvalue weighted by Gasteiger charge is 2.18. The summed E-state index contributed by atoms with van der Waals surface area (Å²) < 4.78 is 14.6. The molecule has 0 fully saturated rings. The number of nitrogen functional groups attached to an aromatic ring is 1. The maximum absolute atomic E-state index is 11.5. The molecule has 0 heterocycles. The average molecular weight is 369 g/mol. The van der Waals surface area contributed by atoms with Gasteiger partial charge in [-0.05, 0) is 6.07 Å². The van der Waals surface area contributed by atoms with Crippen molar-refractivity contribution in [2.75, 3.05) is 50.4 Å². The molecule has 0 bridgehead atoms. The zero-order valence-corrected chi connectivity index (χ0v) is 14.9. The van der Waals surface area contributed by atoms with Gasteiger partial charge in [0.1, 0.15) is 5.75 Å². The molecular formula is C16H23N3O7. The van der Waals surface area contributed by atoms with Crippen LogP contribution in [0.1, 0.15) is 12.8 Å². The van der Waals surface area contributed by atoms with E-state index in [0.717, 1.165) is 0 Å². The predicted molar refractivity (Wildman–Crippen MR) is 94.5 cm³/mol. The molecule has 0 aliphatic rings. The highest BCUT2D eigenvalue weighted by Crippen LogP contribution is 2.36. The Bertz CT molecular complexity index is 643. The average Bonchev–Trinajstić information content (AvgIpc) is 2.62. The summed E-state index contributed by atoms with van der Waals surface area (Å²) in [4.78, 5) is 35.6. The van der Waals surface area contributed by atoms with E-state index in [1.54, 1.807) is 4.90 Å². The molecular weight excluding hydrogens is 346 g/mol. The number of carbonyl (C=O) groups is 3. The first kappa shape index (κ1) is 20.9. The molecule has 0 aromatic heterocycles. The summed E-state index contributed by atoms with van der Waals surface area (Å²) in [5, 5.41) is 11.1. The van der Waals surface area contributed by atoms with Gasteiger partial charge in [0.15, 0.2) is 0 Å². The number of benzene rings is 1. The van der Waals surface area contributed by atoms with Crippen LogP contribution in [0.3, 0.4) is 0 Å². The number of carboxylic acid groups (broad SMARTS) is 1. The van der Waals surface area contributed by atoms with Gasteiger partial charge in [-0.25, -0.2) is 4.79 Å². The Morgan fingerprint density at radius 3 is 2.04 bits per heavy atom. The third-order valence-corrected chi connectivity index (χ3v) is 3.56. The quantitative estimate of drug-likeness (QED) is 0.434. The van der Waals surface area contributed by atoms with Crippen LogP contribution in [0.2, 0.25) is 0 Å². The molecule has 4 N–H and O–H groups in total. The molecule has 0 saturated carbocycles. The SMILES string of the molecule is COC(=O)CCN(CCC(=O)OC)c1cc(NC(=O)O)c(N)cc1OC. The van der Waals surface area contributed by atoms with E-state index in [1.807, 2.05) is 0 Å². The Balaban J connectivity index is 3.20. The monoisotopic (exact) mass is 369 g/mol. The Hall–Kier alpha value is -3.17. The molecule has 1 amide bonds. The van der Waals surface area contributed by atoms with Crippen LogP contribution in [-0.2, 0) is 19.1 Å². The van der Waals surface area contributed by atoms with E-state index in [0.29, 0.717) is 11.4 Å². The van der Waals surface area contributed by atoms with E-state index in [9.17, 15) is 14.4 Å². The van der Waals surface area contributed by atoms with Crippen LogP contribution in [0.15, 0.2) is 12.1 Å². The van der Waals surface area contributed by atoms with Gasteiger partial charge in [-0.2, -0.15) is 0 Å². The first-order chi connectivity index (χ1) is 12.3. The predicted octanol–water partition coefficient (Wildman–Crippen LogP) is 1.30. The fourth-order valence-electron chi connectivity index (χ4n) is 2.23. The van der Waals surface area contributed by atoms with Gasteiger partial charge in [-0.3, -0.25) is 14.9 Å². The van der Waals surface area contributed by atoms with Crippen LogP contribution >= 0.6 is 0 Å². The normalized spacial score (nSPS) is 9.96. The highest BCUT2D eigenvalue weighted by molar-refractivity contribution is 5.90. The van der Waals surface area contributed by atoms with Gasteiger partial charge in [0.2, 0.25) is 0 Å². The third-order valence-electron chi connectivity index (χ3n) is 3.56. The Morgan fingerprint density at radius 2 is 1.62 bits per heavy atom. The highest BCUT2D eigenvalue weighted by atomic mass is 16.5. The summed E-state index contributed by atoms with van der Waals surface area (Å²) in [6.45, 7) is 0.437. The lowest BCUT2D eigenvalue weighted by Crippen LogP contribution is -2.30. The third kappa shape index (κ3) is 6.04. The minimum atomic E-state index is -1.27. The molecule has 0 aliphatic heterocycles. The molecule has 0 unspecified atom stereocenters. The number of hydrogen-bond donors (Lipinski definition) is 3. The number of anilines is 3. The lowest BCUT2D eigenvalue weighted by molar-refractivity contribution is -0.140. The van der Waals surface area contributed by atoms with Gasteiger partial charge >= 0.3 is 18.0 Å². The summed E-state index contributed by atoms with van der Waals surface area (Å²) in [5.74, 6) is -0.481. The van der Waals surface area contributed by atoms with E-state index in [-0.39, 0.29) is 37.3 Å². The number of amides is 1. The van der Waals surface area contributed by atoms with Gasteiger partial charge in [-0.1, -0.05) is 0 Å². The largest absolute Gasteiger partial charge is 0.495 e. The molecule has 0 aliphatic carbocycles. The van der Waals surface area contributed by atoms with Crippen molar-refractivity contribution >= 4 is 35.1 Å². The van der Waals surface area contributed by atoms with Crippen molar-refractivity contribution in [3.63, 3.8) is 0 Å². The minimum Gasteiger partial charge on any atom is -0.495 e. The lowest BCUT2D eigenvalue weighted by Gasteiger charge is -2.27. The molecule has 0 radical (unpaired) electrons. The van der Waals surface area contributed by atoms with Gasteiger partial charge in [0, 0.05) is 19.2 Å². The minimum absolute atomic E-state index is 0.0624. The van der Waals surface area contributed by atoms with Crippen molar-refractivity contribution < 1.29 is 33.7 Å². The van der Waals surface area contributed by atoms with Crippen LogP contribution in [0.25, 0.3) is 0 Å². The number of carbonyl (C=O) groups excluding carboxylic acids is 2. The standard InChI is InChI=1S/C16H23N3O7/c1-24-13-8-10(17)11(18-16(22)23)9-12(13)19(6-4-14(20)25-2)7-5-15(21)26-3/h8-9,18H,4-7,17H2,1-3H3,(H,22,23). The van der Waals surface area contributed by atoms with Crippen molar-refractivity contribution in [1.82, 2.24) is 0 Å². The van der Waals surface area contributed by atoms with E-state index >= 15 is 0 Å². The fraction of sp³-hybridized carbons (Fsp3) is 0.438.